The molecular weight excluding hydrogens is 494 g/mol. The standard InChI is InChI=1S/C27H26ClN5O4/c28-22-5-4-20(23-6-3-18(15-30-23)27(35)33-9-11-36-12-10-33)21-13-19(37-26(21)22)16-32-25(34)8-2-17-1-7-24(29)31-14-17/h1-8,14-15,19H,9-13,16H2,(H2,29,31)(H,32,34). The molecule has 0 spiro atoms. The fourth-order valence-electron chi connectivity index (χ4n) is 4.31. The molecule has 190 valence electrons. The van der Waals surface area contributed by atoms with E-state index in [0.29, 0.717) is 61.4 Å². The van der Waals surface area contributed by atoms with E-state index in [0.717, 1.165) is 22.4 Å². The summed E-state index contributed by atoms with van der Waals surface area (Å²) >= 11 is 6.42. The number of aromatic nitrogens is 2. The number of carbonyl (C=O) groups excluding carboxylic acids is 2. The molecule has 2 aliphatic rings. The second-order valence-corrected chi connectivity index (χ2v) is 9.19. The highest BCUT2D eigenvalue weighted by Gasteiger charge is 2.29. The number of pyridine rings is 2. The summed E-state index contributed by atoms with van der Waals surface area (Å²) in [5, 5.41) is 3.37. The maximum atomic E-state index is 12.7. The first kappa shape index (κ1) is 24.7. The Bertz CT molecular complexity index is 1320. The van der Waals surface area contributed by atoms with E-state index in [4.69, 9.17) is 26.8 Å². The van der Waals surface area contributed by atoms with Crippen molar-refractivity contribution < 1.29 is 19.1 Å². The number of nitrogen functional groups attached to an aromatic ring is 1. The van der Waals surface area contributed by atoms with Crippen LogP contribution in [0.4, 0.5) is 5.82 Å². The average Bonchev–Trinajstić information content (AvgIpc) is 3.37. The summed E-state index contributed by atoms with van der Waals surface area (Å²) in [6.07, 6.45) is 6.60. The largest absolute Gasteiger partial charge is 0.486 e. The van der Waals surface area contributed by atoms with Gasteiger partial charge in [-0.25, -0.2) is 4.98 Å². The summed E-state index contributed by atoms with van der Waals surface area (Å²) in [4.78, 5) is 35.4. The van der Waals surface area contributed by atoms with Crippen LogP contribution in [0.15, 0.2) is 54.9 Å². The Hall–Kier alpha value is -3.95. The van der Waals surface area contributed by atoms with E-state index in [1.165, 1.54) is 6.08 Å². The van der Waals surface area contributed by atoms with Gasteiger partial charge in [0.05, 0.1) is 36.0 Å². The third-order valence-corrected chi connectivity index (χ3v) is 6.55. The van der Waals surface area contributed by atoms with Gasteiger partial charge in [-0.15, -0.1) is 0 Å². The number of benzene rings is 1. The summed E-state index contributed by atoms with van der Waals surface area (Å²) in [6.45, 7) is 2.57. The minimum Gasteiger partial charge on any atom is -0.486 e. The highest BCUT2D eigenvalue weighted by atomic mass is 35.5. The summed E-state index contributed by atoms with van der Waals surface area (Å²) < 4.78 is 11.4. The number of morpholine rings is 1. The van der Waals surface area contributed by atoms with Gasteiger partial charge in [-0.05, 0) is 42.0 Å². The number of hydrogen-bond acceptors (Lipinski definition) is 7. The molecule has 37 heavy (non-hydrogen) atoms. The van der Waals surface area contributed by atoms with Gasteiger partial charge in [0.15, 0.2) is 0 Å². The Morgan fingerprint density at radius 3 is 2.68 bits per heavy atom. The van der Waals surface area contributed by atoms with Gasteiger partial charge in [0, 0.05) is 49.1 Å². The predicted octanol–water partition coefficient (Wildman–Crippen LogP) is 2.98. The zero-order valence-electron chi connectivity index (χ0n) is 20.0. The molecule has 3 N–H and O–H groups in total. The highest BCUT2D eigenvalue weighted by Crippen LogP contribution is 2.41. The molecule has 0 saturated carbocycles. The van der Waals surface area contributed by atoms with Crippen LogP contribution >= 0.6 is 11.6 Å². The number of amides is 2. The number of nitrogens with zero attached hydrogens (tertiary/aromatic N) is 3. The van der Waals surface area contributed by atoms with Gasteiger partial charge in [-0.2, -0.15) is 0 Å². The van der Waals surface area contributed by atoms with Crippen molar-refractivity contribution in [3.05, 3.63) is 76.6 Å². The molecule has 2 aromatic heterocycles. The molecule has 5 rings (SSSR count). The molecule has 10 heteroatoms. The van der Waals surface area contributed by atoms with Crippen LogP contribution in [0.1, 0.15) is 21.5 Å². The van der Waals surface area contributed by atoms with Gasteiger partial charge < -0.3 is 25.4 Å². The Morgan fingerprint density at radius 2 is 1.95 bits per heavy atom. The molecule has 0 aliphatic carbocycles. The highest BCUT2D eigenvalue weighted by molar-refractivity contribution is 6.32. The van der Waals surface area contributed by atoms with Gasteiger partial charge in [-0.1, -0.05) is 17.7 Å². The SMILES string of the molecule is Nc1ccc(C=CC(=O)NCC2Cc3c(-c4ccc(C(=O)N5CCOCC5)cn4)ccc(Cl)c3O2)cn1. The molecule has 1 saturated heterocycles. The van der Waals surface area contributed by atoms with Crippen LogP contribution in [0.5, 0.6) is 5.75 Å². The quantitative estimate of drug-likeness (QED) is 0.480. The van der Waals surface area contributed by atoms with Gasteiger partial charge in [0.2, 0.25) is 5.91 Å². The minimum atomic E-state index is -0.272. The van der Waals surface area contributed by atoms with Crippen molar-refractivity contribution >= 4 is 35.3 Å². The molecule has 1 aromatic carbocycles. The van der Waals surface area contributed by atoms with Crippen LogP contribution in [0.3, 0.4) is 0 Å². The number of ether oxygens (including phenoxy) is 2. The van der Waals surface area contributed by atoms with Gasteiger partial charge >= 0.3 is 0 Å². The third kappa shape index (κ3) is 5.73. The smallest absolute Gasteiger partial charge is 0.255 e. The lowest BCUT2D eigenvalue weighted by Crippen LogP contribution is -2.40. The Kier molecular flexibility index (Phi) is 7.34. The lowest BCUT2D eigenvalue weighted by Gasteiger charge is -2.26. The zero-order valence-corrected chi connectivity index (χ0v) is 20.8. The molecule has 0 radical (unpaired) electrons. The van der Waals surface area contributed by atoms with Crippen molar-refractivity contribution in [3.8, 4) is 17.0 Å². The Labute approximate surface area is 219 Å². The molecule has 4 heterocycles. The maximum absolute atomic E-state index is 12.7. The molecule has 1 atom stereocenters. The number of rotatable bonds is 6. The van der Waals surface area contributed by atoms with Crippen molar-refractivity contribution in [2.45, 2.75) is 12.5 Å². The molecule has 0 bridgehead atoms. The van der Waals surface area contributed by atoms with Crippen LogP contribution in [-0.4, -0.2) is 65.6 Å². The van der Waals surface area contributed by atoms with Crippen LogP contribution in [-0.2, 0) is 16.0 Å². The number of nitrogens with one attached hydrogen (secondary N) is 1. The fraction of sp³-hybridized carbons (Fsp3) is 0.259. The Morgan fingerprint density at radius 1 is 1.11 bits per heavy atom. The molecule has 2 aliphatic heterocycles. The van der Waals surface area contributed by atoms with Crippen molar-refractivity contribution in [1.29, 1.82) is 0 Å². The van der Waals surface area contributed by atoms with E-state index in [1.807, 2.05) is 12.1 Å². The maximum Gasteiger partial charge on any atom is 0.255 e. The second kappa shape index (κ2) is 11.0. The van der Waals surface area contributed by atoms with Crippen LogP contribution < -0.4 is 15.8 Å². The summed E-state index contributed by atoms with van der Waals surface area (Å²) in [5.74, 6) is 0.719. The number of carbonyl (C=O) groups is 2. The van der Waals surface area contributed by atoms with Crippen molar-refractivity contribution in [3.63, 3.8) is 0 Å². The first-order valence-electron chi connectivity index (χ1n) is 12.0. The fourth-order valence-corrected chi connectivity index (χ4v) is 4.53. The summed E-state index contributed by atoms with van der Waals surface area (Å²) in [5.41, 5.74) is 9.42. The van der Waals surface area contributed by atoms with E-state index in [1.54, 1.807) is 47.6 Å². The van der Waals surface area contributed by atoms with Crippen molar-refractivity contribution in [1.82, 2.24) is 20.2 Å². The third-order valence-electron chi connectivity index (χ3n) is 6.25. The molecule has 1 fully saturated rings. The molecule has 9 nitrogen and oxygen atoms in total. The first-order valence-corrected chi connectivity index (χ1v) is 12.3. The van der Waals surface area contributed by atoms with E-state index < -0.39 is 0 Å². The molecule has 2 amide bonds. The lowest BCUT2D eigenvalue weighted by atomic mass is 9.99. The average molecular weight is 520 g/mol. The number of anilines is 1. The van der Waals surface area contributed by atoms with Gasteiger partial charge in [0.25, 0.3) is 5.91 Å². The van der Waals surface area contributed by atoms with E-state index in [-0.39, 0.29) is 17.9 Å². The first-order chi connectivity index (χ1) is 18.0. The van der Waals surface area contributed by atoms with Crippen LogP contribution in [0, 0.1) is 0 Å². The summed E-state index contributed by atoms with van der Waals surface area (Å²) in [7, 11) is 0. The second-order valence-electron chi connectivity index (χ2n) is 8.78. The van der Waals surface area contributed by atoms with Gasteiger partial charge in [0.1, 0.15) is 17.7 Å². The van der Waals surface area contributed by atoms with E-state index >= 15 is 0 Å². The van der Waals surface area contributed by atoms with E-state index in [9.17, 15) is 9.59 Å². The number of hydrogen-bond donors (Lipinski definition) is 2. The van der Waals surface area contributed by atoms with Crippen molar-refractivity contribution in [2.75, 3.05) is 38.6 Å². The lowest BCUT2D eigenvalue weighted by molar-refractivity contribution is -0.116. The predicted molar refractivity (Wildman–Crippen MR) is 140 cm³/mol. The Balaban J connectivity index is 1.23. The minimum absolute atomic E-state index is 0.0514. The number of halogens is 1. The topological polar surface area (TPSA) is 120 Å². The van der Waals surface area contributed by atoms with E-state index in [2.05, 4.69) is 15.3 Å². The normalized spacial score (nSPS) is 16.9. The number of fused-ring (bicyclic) bond motifs is 1. The van der Waals surface area contributed by atoms with Crippen molar-refractivity contribution in [2.24, 2.45) is 0 Å². The monoisotopic (exact) mass is 519 g/mol. The molecule has 1 unspecified atom stereocenters. The molecule has 3 aromatic rings. The van der Waals surface area contributed by atoms with Crippen LogP contribution in [0.2, 0.25) is 5.02 Å². The number of nitrogens with two attached hydrogens (primary N) is 1. The zero-order chi connectivity index (χ0) is 25.8. The van der Waals surface area contributed by atoms with Crippen LogP contribution in [0.25, 0.3) is 17.3 Å². The van der Waals surface area contributed by atoms with Gasteiger partial charge in [-0.3, -0.25) is 14.6 Å². The summed E-state index contributed by atoms with van der Waals surface area (Å²) in [6, 6.07) is 10.8. The molecular formula is C27H26ClN5O4.